The Hall–Kier alpha value is -1.71. The second kappa shape index (κ2) is 5.95. The van der Waals surface area contributed by atoms with Crippen molar-refractivity contribution in [3.05, 3.63) is 58.6 Å². The molecule has 1 atom stereocenters. The van der Waals surface area contributed by atoms with Crippen molar-refractivity contribution >= 4 is 23.0 Å². The van der Waals surface area contributed by atoms with Gasteiger partial charge in [-0.1, -0.05) is 35.9 Å². The minimum atomic E-state index is -0.626. The van der Waals surface area contributed by atoms with Gasteiger partial charge in [0.1, 0.15) is 0 Å². The summed E-state index contributed by atoms with van der Waals surface area (Å²) in [5, 5.41) is 13.9. The molecule has 0 saturated heterocycles. The number of benzene rings is 2. The van der Waals surface area contributed by atoms with Gasteiger partial charge in [-0.15, -0.1) is 0 Å². The topological polar surface area (TPSA) is 58.3 Å². The van der Waals surface area contributed by atoms with Gasteiger partial charge in [0, 0.05) is 12.2 Å². The van der Waals surface area contributed by atoms with E-state index in [2.05, 4.69) is 5.32 Å². The summed E-state index contributed by atoms with van der Waals surface area (Å²) < 4.78 is 0. The number of nitrogen functional groups attached to an aromatic ring is 1. The standard InChI is InChI=1S/C15H17ClN2O/c1-10-6-7-11(8-13(10)17)15(19)9-18-14-5-3-2-4-12(14)16/h2-8,15,18-19H,9,17H2,1H3. The van der Waals surface area contributed by atoms with E-state index in [1.54, 1.807) is 12.1 Å². The molecular formula is C15H17ClN2O. The maximum atomic E-state index is 10.1. The van der Waals surface area contributed by atoms with Crippen LogP contribution in [0.3, 0.4) is 0 Å². The van der Waals surface area contributed by atoms with Gasteiger partial charge in [-0.3, -0.25) is 0 Å². The van der Waals surface area contributed by atoms with E-state index < -0.39 is 6.10 Å². The first-order valence-electron chi connectivity index (χ1n) is 6.10. The number of nitrogens with one attached hydrogen (secondary N) is 1. The lowest BCUT2D eigenvalue weighted by Gasteiger charge is -2.15. The van der Waals surface area contributed by atoms with Crippen LogP contribution >= 0.6 is 11.6 Å². The number of anilines is 2. The van der Waals surface area contributed by atoms with E-state index in [4.69, 9.17) is 17.3 Å². The van der Waals surface area contributed by atoms with Crippen LogP contribution in [0.5, 0.6) is 0 Å². The highest BCUT2D eigenvalue weighted by Crippen LogP contribution is 2.23. The van der Waals surface area contributed by atoms with Crippen molar-refractivity contribution in [2.45, 2.75) is 13.0 Å². The lowest BCUT2D eigenvalue weighted by molar-refractivity contribution is 0.191. The van der Waals surface area contributed by atoms with Gasteiger partial charge in [0.15, 0.2) is 0 Å². The Morgan fingerprint density at radius 2 is 2.00 bits per heavy atom. The average molecular weight is 277 g/mol. The number of hydrogen-bond acceptors (Lipinski definition) is 3. The van der Waals surface area contributed by atoms with Crippen LogP contribution < -0.4 is 11.1 Å². The monoisotopic (exact) mass is 276 g/mol. The summed E-state index contributed by atoms with van der Waals surface area (Å²) in [4.78, 5) is 0. The molecule has 1 unspecified atom stereocenters. The van der Waals surface area contributed by atoms with E-state index in [1.165, 1.54) is 0 Å². The normalized spacial score (nSPS) is 12.2. The summed E-state index contributed by atoms with van der Waals surface area (Å²) in [6.07, 6.45) is -0.626. The number of rotatable bonds is 4. The number of aliphatic hydroxyl groups is 1. The molecule has 0 heterocycles. The molecule has 0 spiro atoms. The highest BCUT2D eigenvalue weighted by Gasteiger charge is 2.09. The summed E-state index contributed by atoms with van der Waals surface area (Å²) in [6, 6.07) is 13.0. The third-order valence-electron chi connectivity index (χ3n) is 3.05. The van der Waals surface area contributed by atoms with Gasteiger partial charge in [-0.05, 0) is 36.2 Å². The molecule has 0 aliphatic carbocycles. The number of nitrogens with two attached hydrogens (primary N) is 1. The summed E-state index contributed by atoms with van der Waals surface area (Å²) in [6.45, 7) is 2.32. The molecular weight excluding hydrogens is 260 g/mol. The summed E-state index contributed by atoms with van der Waals surface area (Å²) >= 11 is 6.04. The SMILES string of the molecule is Cc1ccc(C(O)CNc2ccccc2Cl)cc1N. The molecule has 3 nitrogen and oxygen atoms in total. The second-order valence-electron chi connectivity index (χ2n) is 4.49. The Morgan fingerprint density at radius 1 is 1.26 bits per heavy atom. The Balaban J connectivity index is 2.03. The smallest absolute Gasteiger partial charge is 0.0963 e. The van der Waals surface area contributed by atoms with Crippen LogP contribution in [0.2, 0.25) is 5.02 Å². The molecule has 0 aliphatic rings. The fourth-order valence-corrected chi connectivity index (χ4v) is 2.00. The van der Waals surface area contributed by atoms with Gasteiger partial charge in [-0.25, -0.2) is 0 Å². The third-order valence-corrected chi connectivity index (χ3v) is 3.38. The van der Waals surface area contributed by atoms with E-state index in [0.29, 0.717) is 17.3 Å². The summed E-state index contributed by atoms with van der Waals surface area (Å²) in [7, 11) is 0. The van der Waals surface area contributed by atoms with E-state index in [1.807, 2.05) is 37.3 Å². The summed E-state index contributed by atoms with van der Waals surface area (Å²) in [5.41, 5.74) is 9.14. The molecule has 19 heavy (non-hydrogen) atoms. The minimum Gasteiger partial charge on any atom is -0.399 e. The van der Waals surface area contributed by atoms with Crippen molar-refractivity contribution in [3.63, 3.8) is 0 Å². The quantitative estimate of drug-likeness (QED) is 0.751. The molecule has 0 amide bonds. The molecule has 2 rings (SSSR count). The predicted molar refractivity (Wildman–Crippen MR) is 80.5 cm³/mol. The first kappa shape index (κ1) is 13.7. The number of hydrogen-bond donors (Lipinski definition) is 3. The van der Waals surface area contributed by atoms with Crippen LogP contribution in [0.15, 0.2) is 42.5 Å². The van der Waals surface area contributed by atoms with Gasteiger partial charge in [0.2, 0.25) is 0 Å². The molecule has 2 aromatic rings. The molecule has 4 heteroatoms. The van der Waals surface area contributed by atoms with Crippen LogP contribution in [-0.2, 0) is 0 Å². The highest BCUT2D eigenvalue weighted by molar-refractivity contribution is 6.33. The fourth-order valence-electron chi connectivity index (χ4n) is 1.80. The number of halogens is 1. The van der Waals surface area contributed by atoms with E-state index >= 15 is 0 Å². The van der Waals surface area contributed by atoms with Gasteiger partial charge < -0.3 is 16.2 Å². The van der Waals surface area contributed by atoms with Gasteiger partial charge in [0.05, 0.1) is 16.8 Å². The number of aryl methyl sites for hydroxylation is 1. The first-order valence-corrected chi connectivity index (χ1v) is 6.48. The van der Waals surface area contributed by atoms with Crippen LogP contribution in [-0.4, -0.2) is 11.7 Å². The predicted octanol–water partition coefficient (Wildman–Crippen LogP) is 3.38. The zero-order chi connectivity index (χ0) is 13.8. The zero-order valence-electron chi connectivity index (χ0n) is 10.7. The molecule has 100 valence electrons. The third kappa shape index (κ3) is 3.40. The van der Waals surface area contributed by atoms with Crippen molar-refractivity contribution in [2.24, 2.45) is 0 Å². The lowest BCUT2D eigenvalue weighted by Crippen LogP contribution is -2.12. The largest absolute Gasteiger partial charge is 0.399 e. The van der Waals surface area contributed by atoms with E-state index in [-0.39, 0.29) is 0 Å². The molecule has 0 saturated carbocycles. The molecule has 0 fully saturated rings. The Kier molecular flexibility index (Phi) is 4.30. The molecule has 0 bridgehead atoms. The van der Waals surface area contributed by atoms with Gasteiger partial charge in [-0.2, -0.15) is 0 Å². The molecule has 2 aromatic carbocycles. The van der Waals surface area contributed by atoms with Crippen LogP contribution in [0, 0.1) is 6.92 Å². The second-order valence-corrected chi connectivity index (χ2v) is 4.90. The fraction of sp³-hybridized carbons (Fsp3) is 0.200. The van der Waals surface area contributed by atoms with Crippen molar-refractivity contribution in [1.82, 2.24) is 0 Å². The minimum absolute atomic E-state index is 0.381. The molecule has 0 radical (unpaired) electrons. The van der Waals surface area contributed by atoms with Gasteiger partial charge >= 0.3 is 0 Å². The van der Waals surface area contributed by atoms with Crippen molar-refractivity contribution in [3.8, 4) is 0 Å². The lowest BCUT2D eigenvalue weighted by atomic mass is 10.1. The average Bonchev–Trinajstić information content (AvgIpc) is 2.40. The van der Waals surface area contributed by atoms with Crippen molar-refractivity contribution in [1.29, 1.82) is 0 Å². The summed E-state index contributed by atoms with van der Waals surface area (Å²) in [5.74, 6) is 0. The molecule has 0 aromatic heterocycles. The maximum absolute atomic E-state index is 10.1. The number of aliphatic hydroxyl groups excluding tert-OH is 1. The Labute approximate surface area is 118 Å². The number of para-hydroxylation sites is 1. The van der Waals surface area contributed by atoms with E-state index in [0.717, 1.165) is 16.8 Å². The van der Waals surface area contributed by atoms with E-state index in [9.17, 15) is 5.11 Å². The zero-order valence-corrected chi connectivity index (χ0v) is 11.5. The first-order chi connectivity index (χ1) is 9.08. The maximum Gasteiger partial charge on any atom is 0.0963 e. The molecule has 4 N–H and O–H groups in total. The van der Waals surface area contributed by atoms with Crippen molar-refractivity contribution < 1.29 is 5.11 Å². The Morgan fingerprint density at radius 3 is 2.68 bits per heavy atom. The highest BCUT2D eigenvalue weighted by atomic mass is 35.5. The van der Waals surface area contributed by atoms with Gasteiger partial charge in [0.25, 0.3) is 0 Å². The van der Waals surface area contributed by atoms with Crippen LogP contribution in [0.1, 0.15) is 17.2 Å². The van der Waals surface area contributed by atoms with Crippen LogP contribution in [0.4, 0.5) is 11.4 Å². The van der Waals surface area contributed by atoms with Crippen LogP contribution in [0.25, 0.3) is 0 Å². The molecule has 0 aliphatic heterocycles. The van der Waals surface area contributed by atoms with Crippen molar-refractivity contribution in [2.75, 3.05) is 17.6 Å². The Bertz CT molecular complexity index is 572.